The van der Waals surface area contributed by atoms with Crippen molar-refractivity contribution in [2.24, 2.45) is 0 Å². The summed E-state index contributed by atoms with van der Waals surface area (Å²) in [5.74, 6) is 0.971. The average molecular weight is 459 g/mol. The molecule has 1 aliphatic rings. The van der Waals surface area contributed by atoms with Crippen molar-refractivity contribution < 1.29 is 9.21 Å². The SMILES string of the molecule is Cc1csc(SCc2c(C(=O)NCCCCN3CCN(C)CC3)oc3ccccc23)n1. The lowest BCUT2D eigenvalue weighted by atomic mass is 10.1. The second-order valence-electron chi connectivity index (χ2n) is 8.06. The van der Waals surface area contributed by atoms with Crippen LogP contribution in [0.5, 0.6) is 0 Å². The molecule has 1 amide bonds. The van der Waals surface area contributed by atoms with Gasteiger partial charge in [0.15, 0.2) is 5.76 Å². The number of likely N-dealkylation sites (N-methyl/N-ethyl adjacent to an activating group) is 1. The maximum atomic E-state index is 12.9. The van der Waals surface area contributed by atoms with Crippen LogP contribution in [0.4, 0.5) is 0 Å². The number of rotatable bonds is 9. The lowest BCUT2D eigenvalue weighted by Gasteiger charge is -2.32. The van der Waals surface area contributed by atoms with Crippen LogP contribution in [0, 0.1) is 6.92 Å². The number of fused-ring (bicyclic) bond motifs is 1. The second kappa shape index (κ2) is 10.6. The summed E-state index contributed by atoms with van der Waals surface area (Å²) in [5.41, 5.74) is 2.73. The summed E-state index contributed by atoms with van der Waals surface area (Å²) in [6.07, 6.45) is 2.07. The monoisotopic (exact) mass is 458 g/mol. The Balaban J connectivity index is 1.32. The number of nitrogens with zero attached hydrogens (tertiary/aromatic N) is 3. The normalized spacial score (nSPS) is 15.5. The van der Waals surface area contributed by atoms with Crippen LogP contribution in [0.3, 0.4) is 0 Å². The number of amides is 1. The minimum absolute atomic E-state index is 0.123. The summed E-state index contributed by atoms with van der Waals surface area (Å²) in [6, 6.07) is 7.87. The van der Waals surface area contributed by atoms with Crippen molar-refractivity contribution in [2.75, 3.05) is 46.3 Å². The minimum atomic E-state index is -0.123. The molecule has 6 nitrogen and oxygen atoms in total. The van der Waals surface area contributed by atoms with Gasteiger partial charge in [-0.05, 0) is 39.4 Å². The zero-order valence-electron chi connectivity index (χ0n) is 18.2. The van der Waals surface area contributed by atoms with Gasteiger partial charge in [0, 0.05) is 60.5 Å². The Morgan fingerprint density at radius 2 is 2.03 bits per heavy atom. The van der Waals surface area contributed by atoms with E-state index in [2.05, 4.69) is 27.1 Å². The van der Waals surface area contributed by atoms with Crippen LogP contribution in [-0.4, -0.2) is 67.0 Å². The molecule has 0 spiro atoms. The number of unbranched alkanes of at least 4 members (excludes halogenated alkanes) is 1. The molecular weight excluding hydrogens is 428 g/mol. The fourth-order valence-corrected chi connectivity index (χ4v) is 5.65. The van der Waals surface area contributed by atoms with E-state index in [0.717, 1.165) is 72.1 Å². The van der Waals surface area contributed by atoms with Crippen LogP contribution in [0.2, 0.25) is 0 Å². The number of nitrogens with one attached hydrogen (secondary N) is 1. The van der Waals surface area contributed by atoms with Gasteiger partial charge in [0.2, 0.25) is 0 Å². The summed E-state index contributed by atoms with van der Waals surface area (Å²) >= 11 is 3.29. The Bertz CT molecular complexity index is 1010. The van der Waals surface area contributed by atoms with Gasteiger partial charge in [-0.25, -0.2) is 4.98 Å². The molecule has 1 saturated heterocycles. The predicted molar refractivity (Wildman–Crippen MR) is 128 cm³/mol. The number of benzene rings is 1. The third-order valence-corrected chi connectivity index (χ3v) is 7.79. The Kier molecular flexibility index (Phi) is 7.66. The molecule has 2 aromatic heterocycles. The van der Waals surface area contributed by atoms with E-state index in [1.165, 1.54) is 0 Å². The number of hydrogen-bond donors (Lipinski definition) is 1. The van der Waals surface area contributed by atoms with Crippen molar-refractivity contribution in [2.45, 2.75) is 29.9 Å². The molecule has 4 rings (SSSR count). The first-order valence-corrected chi connectivity index (χ1v) is 12.7. The van der Waals surface area contributed by atoms with E-state index in [9.17, 15) is 4.79 Å². The Hall–Kier alpha value is -1.87. The van der Waals surface area contributed by atoms with Crippen molar-refractivity contribution in [3.63, 3.8) is 0 Å². The van der Waals surface area contributed by atoms with Crippen LogP contribution < -0.4 is 5.32 Å². The molecule has 0 aliphatic carbocycles. The molecule has 3 aromatic rings. The molecule has 1 N–H and O–H groups in total. The standard InChI is InChI=1S/C23H30N4O2S2/c1-17-15-30-23(25-17)31-16-19-18-7-3-4-8-20(18)29-21(19)22(28)24-9-5-6-10-27-13-11-26(2)12-14-27/h3-4,7-8,15H,5-6,9-14,16H2,1-2H3,(H,24,28). The number of carbonyl (C=O) groups is 1. The van der Waals surface area contributed by atoms with Gasteiger partial charge in [-0.2, -0.15) is 0 Å². The summed E-state index contributed by atoms with van der Waals surface area (Å²) < 4.78 is 6.97. The number of aromatic nitrogens is 1. The average Bonchev–Trinajstić information content (AvgIpc) is 3.36. The lowest BCUT2D eigenvalue weighted by Crippen LogP contribution is -2.44. The number of aryl methyl sites for hydroxylation is 1. The first-order chi connectivity index (χ1) is 15.1. The molecule has 31 heavy (non-hydrogen) atoms. The van der Waals surface area contributed by atoms with Crippen LogP contribution in [-0.2, 0) is 5.75 Å². The van der Waals surface area contributed by atoms with E-state index in [1.54, 1.807) is 23.1 Å². The third-order valence-electron chi connectivity index (χ3n) is 5.63. The third kappa shape index (κ3) is 5.88. The zero-order valence-corrected chi connectivity index (χ0v) is 19.9. The van der Waals surface area contributed by atoms with Gasteiger partial charge in [-0.1, -0.05) is 30.0 Å². The van der Waals surface area contributed by atoms with Crippen molar-refractivity contribution >= 4 is 40.0 Å². The first kappa shape index (κ1) is 22.3. The van der Waals surface area contributed by atoms with E-state index >= 15 is 0 Å². The molecule has 0 unspecified atom stereocenters. The first-order valence-electron chi connectivity index (χ1n) is 10.8. The van der Waals surface area contributed by atoms with E-state index < -0.39 is 0 Å². The van der Waals surface area contributed by atoms with Crippen LogP contribution in [0.1, 0.15) is 34.7 Å². The maximum absolute atomic E-state index is 12.9. The summed E-state index contributed by atoms with van der Waals surface area (Å²) in [7, 11) is 2.18. The highest BCUT2D eigenvalue weighted by Gasteiger charge is 2.21. The van der Waals surface area contributed by atoms with Gasteiger partial charge in [0.25, 0.3) is 5.91 Å². The maximum Gasteiger partial charge on any atom is 0.287 e. The molecule has 3 heterocycles. The summed E-state index contributed by atoms with van der Waals surface area (Å²) in [5, 5.41) is 6.12. The van der Waals surface area contributed by atoms with Gasteiger partial charge in [-0.3, -0.25) is 4.79 Å². The van der Waals surface area contributed by atoms with Crippen molar-refractivity contribution in [3.05, 3.63) is 46.7 Å². The fourth-order valence-electron chi connectivity index (χ4n) is 3.77. The van der Waals surface area contributed by atoms with Crippen LogP contribution in [0.15, 0.2) is 38.4 Å². The molecule has 1 fully saturated rings. The second-order valence-corrected chi connectivity index (χ2v) is 10.1. The molecule has 0 radical (unpaired) electrons. The molecule has 1 aromatic carbocycles. The topological polar surface area (TPSA) is 61.6 Å². The molecule has 0 bridgehead atoms. The number of thioether (sulfide) groups is 1. The summed E-state index contributed by atoms with van der Waals surface area (Å²) in [4.78, 5) is 22.3. The van der Waals surface area contributed by atoms with E-state index in [1.807, 2.05) is 36.6 Å². The fraction of sp³-hybridized carbons (Fsp3) is 0.478. The summed E-state index contributed by atoms with van der Waals surface area (Å²) in [6.45, 7) is 8.33. The predicted octanol–water partition coefficient (Wildman–Crippen LogP) is 4.25. The molecular formula is C23H30N4O2S2. The smallest absolute Gasteiger partial charge is 0.287 e. The minimum Gasteiger partial charge on any atom is -0.451 e. The highest BCUT2D eigenvalue weighted by Crippen LogP contribution is 2.33. The Labute approximate surface area is 192 Å². The van der Waals surface area contributed by atoms with Gasteiger partial charge < -0.3 is 19.5 Å². The van der Waals surface area contributed by atoms with Crippen molar-refractivity contribution in [1.29, 1.82) is 0 Å². The molecule has 0 atom stereocenters. The Morgan fingerprint density at radius 1 is 1.23 bits per heavy atom. The van der Waals surface area contributed by atoms with Gasteiger partial charge in [-0.15, -0.1) is 11.3 Å². The van der Waals surface area contributed by atoms with Gasteiger partial charge >= 0.3 is 0 Å². The van der Waals surface area contributed by atoms with Gasteiger partial charge in [0.05, 0.1) is 0 Å². The highest BCUT2D eigenvalue weighted by molar-refractivity contribution is 8.00. The lowest BCUT2D eigenvalue weighted by molar-refractivity contribution is 0.0925. The highest BCUT2D eigenvalue weighted by atomic mass is 32.2. The number of hydrogen-bond acceptors (Lipinski definition) is 7. The number of thiazole rings is 1. The molecule has 166 valence electrons. The van der Waals surface area contributed by atoms with Crippen LogP contribution in [0.25, 0.3) is 11.0 Å². The van der Waals surface area contributed by atoms with E-state index in [4.69, 9.17) is 4.42 Å². The Morgan fingerprint density at radius 3 is 2.81 bits per heavy atom. The van der Waals surface area contributed by atoms with Gasteiger partial charge in [0.1, 0.15) is 9.92 Å². The van der Waals surface area contributed by atoms with E-state index in [0.29, 0.717) is 18.1 Å². The van der Waals surface area contributed by atoms with Crippen molar-refractivity contribution in [3.8, 4) is 0 Å². The molecule has 0 saturated carbocycles. The zero-order chi connectivity index (χ0) is 21.6. The quantitative estimate of drug-likeness (QED) is 0.382. The number of carbonyl (C=O) groups excluding carboxylic acids is 1. The number of furan rings is 1. The van der Waals surface area contributed by atoms with Crippen LogP contribution >= 0.6 is 23.1 Å². The van der Waals surface area contributed by atoms with E-state index in [-0.39, 0.29) is 5.91 Å². The largest absolute Gasteiger partial charge is 0.451 e. The number of piperazine rings is 1. The molecule has 8 heteroatoms. The number of para-hydroxylation sites is 1. The van der Waals surface area contributed by atoms with Crippen molar-refractivity contribution in [1.82, 2.24) is 20.1 Å². The molecule has 1 aliphatic heterocycles.